The minimum absolute atomic E-state index is 0.406. The maximum atomic E-state index is 12.4. The molecule has 0 aliphatic carbocycles. The molecule has 1 aromatic heterocycles. The predicted octanol–water partition coefficient (Wildman–Crippen LogP) is 2.57. The first-order chi connectivity index (χ1) is 8.55. The molecule has 2 heterocycles. The Labute approximate surface area is 104 Å². The number of nitrogens with one attached hydrogen (secondary N) is 1. The second-order valence-corrected chi connectivity index (χ2v) is 4.55. The van der Waals surface area contributed by atoms with Gasteiger partial charge in [0.15, 0.2) is 0 Å². The maximum Gasteiger partial charge on any atom is 0.451 e. The van der Waals surface area contributed by atoms with Gasteiger partial charge < -0.3 is 5.32 Å². The molecule has 0 bridgehead atoms. The molecule has 0 saturated carbocycles. The van der Waals surface area contributed by atoms with Crippen molar-refractivity contribution < 1.29 is 13.2 Å². The highest BCUT2D eigenvalue weighted by molar-refractivity contribution is 5.05. The quantitative estimate of drug-likeness (QED) is 0.906. The Balaban J connectivity index is 1.92. The van der Waals surface area contributed by atoms with Crippen molar-refractivity contribution in [2.75, 3.05) is 6.54 Å². The number of hydrogen-bond acceptors (Lipinski definition) is 3. The lowest BCUT2D eigenvalue weighted by Crippen LogP contribution is -2.34. The van der Waals surface area contributed by atoms with E-state index in [0.29, 0.717) is 18.2 Å². The van der Waals surface area contributed by atoms with Crippen molar-refractivity contribution in [2.45, 2.75) is 44.3 Å². The summed E-state index contributed by atoms with van der Waals surface area (Å²) in [4.78, 5) is 6.82. The number of rotatable bonds is 3. The molecule has 0 radical (unpaired) electrons. The van der Waals surface area contributed by atoms with Gasteiger partial charge in [-0.1, -0.05) is 6.42 Å². The normalized spacial score (nSPS) is 20.9. The monoisotopic (exact) mass is 259 g/mol. The largest absolute Gasteiger partial charge is 0.451 e. The molecule has 18 heavy (non-hydrogen) atoms. The molecule has 100 valence electrons. The van der Waals surface area contributed by atoms with Crippen LogP contribution in [0.4, 0.5) is 13.2 Å². The van der Waals surface area contributed by atoms with Gasteiger partial charge in [-0.25, -0.2) is 9.97 Å². The zero-order valence-electron chi connectivity index (χ0n) is 10.0. The van der Waals surface area contributed by atoms with Crippen LogP contribution in [0.15, 0.2) is 12.3 Å². The van der Waals surface area contributed by atoms with Crippen LogP contribution in [0.2, 0.25) is 0 Å². The Kier molecular flexibility index (Phi) is 4.16. The van der Waals surface area contributed by atoms with E-state index in [4.69, 9.17) is 0 Å². The van der Waals surface area contributed by atoms with Gasteiger partial charge in [-0.05, 0) is 38.3 Å². The highest BCUT2D eigenvalue weighted by Gasteiger charge is 2.34. The highest BCUT2D eigenvalue weighted by atomic mass is 19.4. The molecular formula is C12H16F3N3. The molecule has 1 atom stereocenters. The zero-order chi connectivity index (χ0) is 13.0. The van der Waals surface area contributed by atoms with Crippen molar-refractivity contribution in [1.82, 2.24) is 15.3 Å². The van der Waals surface area contributed by atoms with Crippen molar-refractivity contribution in [3.05, 3.63) is 23.8 Å². The molecule has 0 aromatic carbocycles. The Morgan fingerprint density at radius 2 is 2.17 bits per heavy atom. The summed E-state index contributed by atoms with van der Waals surface area (Å²) >= 11 is 0. The number of aryl methyl sites for hydroxylation is 1. The second kappa shape index (κ2) is 5.65. The van der Waals surface area contributed by atoms with Crippen LogP contribution in [-0.4, -0.2) is 22.6 Å². The molecule has 1 aliphatic rings. The van der Waals surface area contributed by atoms with Crippen LogP contribution < -0.4 is 5.32 Å². The molecular weight excluding hydrogens is 243 g/mol. The molecule has 1 unspecified atom stereocenters. The van der Waals surface area contributed by atoms with E-state index in [1.54, 1.807) is 6.07 Å². The first kappa shape index (κ1) is 13.3. The third kappa shape index (κ3) is 3.66. The topological polar surface area (TPSA) is 37.8 Å². The molecule has 0 amide bonds. The van der Waals surface area contributed by atoms with Crippen molar-refractivity contribution in [3.8, 4) is 0 Å². The fraction of sp³-hybridized carbons (Fsp3) is 0.667. The predicted molar refractivity (Wildman–Crippen MR) is 61.0 cm³/mol. The molecule has 1 N–H and O–H groups in total. The summed E-state index contributed by atoms with van der Waals surface area (Å²) < 4.78 is 37.3. The lowest BCUT2D eigenvalue weighted by molar-refractivity contribution is -0.145. The van der Waals surface area contributed by atoms with Crippen molar-refractivity contribution in [3.63, 3.8) is 0 Å². The Bertz CT molecular complexity index is 386. The van der Waals surface area contributed by atoms with Gasteiger partial charge in [-0.2, -0.15) is 13.2 Å². The third-order valence-electron chi connectivity index (χ3n) is 3.13. The van der Waals surface area contributed by atoms with Crippen LogP contribution in [0.5, 0.6) is 0 Å². The molecule has 6 heteroatoms. The van der Waals surface area contributed by atoms with E-state index in [1.807, 2.05) is 0 Å². The van der Waals surface area contributed by atoms with Gasteiger partial charge in [-0.15, -0.1) is 0 Å². The summed E-state index contributed by atoms with van der Waals surface area (Å²) in [7, 11) is 0. The van der Waals surface area contributed by atoms with Crippen molar-refractivity contribution in [2.24, 2.45) is 0 Å². The van der Waals surface area contributed by atoms with Crippen LogP contribution in [0.1, 0.15) is 37.2 Å². The summed E-state index contributed by atoms with van der Waals surface area (Å²) in [6, 6.07) is 1.96. The Hall–Kier alpha value is -1.17. The number of aromatic nitrogens is 2. The summed E-state index contributed by atoms with van der Waals surface area (Å²) in [6.45, 7) is 1.00. The number of piperidine rings is 1. The van der Waals surface area contributed by atoms with Gasteiger partial charge in [0.25, 0.3) is 0 Å². The number of alkyl halides is 3. The lowest BCUT2D eigenvalue weighted by Gasteiger charge is -2.23. The average Bonchev–Trinajstić information content (AvgIpc) is 2.37. The third-order valence-corrected chi connectivity index (χ3v) is 3.13. The summed E-state index contributed by atoms with van der Waals surface area (Å²) in [5.74, 6) is -1.04. The molecule has 1 aliphatic heterocycles. The van der Waals surface area contributed by atoms with E-state index in [-0.39, 0.29) is 0 Å². The second-order valence-electron chi connectivity index (χ2n) is 4.55. The Morgan fingerprint density at radius 1 is 1.33 bits per heavy atom. The van der Waals surface area contributed by atoms with E-state index in [2.05, 4.69) is 15.3 Å². The SMILES string of the molecule is FC(F)(F)c1nccc(CCC2CCCCN2)n1. The minimum atomic E-state index is -4.46. The summed E-state index contributed by atoms with van der Waals surface area (Å²) in [5.41, 5.74) is 0.463. The standard InChI is InChI=1S/C12H16F3N3/c13-12(14,15)11-17-8-6-10(18-11)5-4-9-3-1-2-7-16-9/h6,8-9,16H,1-5,7H2. The fourth-order valence-electron chi connectivity index (χ4n) is 2.16. The number of halogens is 3. The van der Waals surface area contributed by atoms with E-state index in [9.17, 15) is 13.2 Å². The smallest absolute Gasteiger partial charge is 0.314 e. The average molecular weight is 259 g/mol. The van der Waals surface area contributed by atoms with Crippen molar-refractivity contribution >= 4 is 0 Å². The molecule has 1 saturated heterocycles. The zero-order valence-corrected chi connectivity index (χ0v) is 10.0. The van der Waals surface area contributed by atoms with Crippen LogP contribution in [0.3, 0.4) is 0 Å². The van der Waals surface area contributed by atoms with Gasteiger partial charge in [0.05, 0.1) is 0 Å². The number of nitrogens with zero attached hydrogens (tertiary/aromatic N) is 2. The maximum absolute atomic E-state index is 12.4. The van der Waals surface area contributed by atoms with Gasteiger partial charge in [0.1, 0.15) is 0 Å². The van der Waals surface area contributed by atoms with E-state index in [0.717, 1.165) is 19.4 Å². The Morgan fingerprint density at radius 3 is 2.83 bits per heavy atom. The van der Waals surface area contributed by atoms with Gasteiger partial charge in [0.2, 0.25) is 5.82 Å². The molecule has 2 rings (SSSR count). The van der Waals surface area contributed by atoms with Gasteiger partial charge in [0, 0.05) is 17.9 Å². The van der Waals surface area contributed by atoms with Gasteiger partial charge in [-0.3, -0.25) is 0 Å². The van der Waals surface area contributed by atoms with Gasteiger partial charge >= 0.3 is 6.18 Å². The van der Waals surface area contributed by atoms with E-state index < -0.39 is 12.0 Å². The molecule has 3 nitrogen and oxygen atoms in total. The highest BCUT2D eigenvalue weighted by Crippen LogP contribution is 2.25. The van der Waals surface area contributed by atoms with Crippen LogP contribution in [0, 0.1) is 0 Å². The number of hydrogen-bond donors (Lipinski definition) is 1. The van der Waals surface area contributed by atoms with E-state index >= 15 is 0 Å². The first-order valence-electron chi connectivity index (χ1n) is 6.18. The summed E-state index contributed by atoms with van der Waals surface area (Å²) in [5, 5.41) is 3.37. The van der Waals surface area contributed by atoms with Crippen LogP contribution in [0.25, 0.3) is 0 Å². The van der Waals surface area contributed by atoms with Crippen molar-refractivity contribution in [1.29, 1.82) is 0 Å². The molecule has 0 spiro atoms. The summed E-state index contributed by atoms with van der Waals surface area (Å²) in [6.07, 6.45) is 1.57. The fourth-order valence-corrected chi connectivity index (χ4v) is 2.16. The van der Waals surface area contributed by atoms with E-state index in [1.165, 1.54) is 19.0 Å². The van der Waals surface area contributed by atoms with Crippen LogP contribution >= 0.6 is 0 Å². The molecule has 1 aromatic rings. The minimum Gasteiger partial charge on any atom is -0.314 e. The first-order valence-corrected chi connectivity index (χ1v) is 6.18. The lowest BCUT2D eigenvalue weighted by atomic mass is 10.00. The molecule has 1 fully saturated rings. The van der Waals surface area contributed by atoms with Crippen LogP contribution in [-0.2, 0) is 12.6 Å².